The number of ether oxygens (including phenoxy) is 1. The van der Waals surface area contributed by atoms with Crippen molar-refractivity contribution in [3.63, 3.8) is 0 Å². The van der Waals surface area contributed by atoms with Gasteiger partial charge in [-0.25, -0.2) is 4.68 Å². The molecule has 0 radical (unpaired) electrons. The summed E-state index contributed by atoms with van der Waals surface area (Å²) in [7, 11) is 0. The molecule has 172 valence electrons. The van der Waals surface area contributed by atoms with Gasteiger partial charge in [0.1, 0.15) is 12.4 Å². The zero-order valence-corrected chi connectivity index (χ0v) is 19.1. The van der Waals surface area contributed by atoms with Gasteiger partial charge < -0.3 is 9.64 Å². The molecule has 6 heteroatoms. The molecule has 2 heterocycles. The van der Waals surface area contributed by atoms with Gasteiger partial charge in [0.05, 0.1) is 5.69 Å². The molecule has 6 nitrogen and oxygen atoms in total. The fourth-order valence-corrected chi connectivity index (χ4v) is 4.50. The van der Waals surface area contributed by atoms with Gasteiger partial charge in [0, 0.05) is 37.1 Å². The number of aromatic nitrogens is 2. The summed E-state index contributed by atoms with van der Waals surface area (Å²) >= 11 is 0. The number of hydrogen-bond donors (Lipinski definition) is 0. The molecular weight excluding hydrogens is 412 g/mol. The van der Waals surface area contributed by atoms with Gasteiger partial charge in [0.15, 0.2) is 0 Å². The van der Waals surface area contributed by atoms with Crippen LogP contribution in [0, 0.1) is 0 Å². The molecular formula is C27H32N4O2. The van der Waals surface area contributed by atoms with Crippen LogP contribution in [0.15, 0.2) is 67.0 Å². The van der Waals surface area contributed by atoms with Gasteiger partial charge in [-0.15, -0.1) is 0 Å². The van der Waals surface area contributed by atoms with Gasteiger partial charge in [-0.2, -0.15) is 5.10 Å². The van der Waals surface area contributed by atoms with E-state index >= 15 is 0 Å². The molecule has 1 amide bonds. The Morgan fingerprint density at radius 1 is 1.03 bits per heavy atom. The van der Waals surface area contributed by atoms with Gasteiger partial charge in [-0.3, -0.25) is 9.69 Å². The molecule has 3 aromatic rings. The lowest BCUT2D eigenvalue weighted by atomic mass is 10.1. The quantitative estimate of drug-likeness (QED) is 0.486. The molecule has 0 unspecified atom stereocenters. The maximum Gasteiger partial charge on any atom is 0.254 e. The van der Waals surface area contributed by atoms with Crippen LogP contribution in [0.4, 0.5) is 0 Å². The van der Waals surface area contributed by atoms with Crippen LogP contribution in [0.2, 0.25) is 0 Å². The third kappa shape index (κ3) is 5.63. The smallest absolute Gasteiger partial charge is 0.254 e. The number of nitrogens with zero attached hydrogens (tertiary/aromatic N) is 4. The van der Waals surface area contributed by atoms with E-state index in [2.05, 4.69) is 22.1 Å². The zero-order chi connectivity index (χ0) is 22.5. The fourth-order valence-electron chi connectivity index (χ4n) is 4.50. The Balaban J connectivity index is 1.21. The molecule has 2 fully saturated rings. The fraction of sp³-hybridized carbons (Fsp3) is 0.407. The summed E-state index contributed by atoms with van der Waals surface area (Å²) in [5.74, 6) is 0.970. The second-order valence-corrected chi connectivity index (χ2v) is 9.06. The van der Waals surface area contributed by atoms with Crippen molar-refractivity contribution in [2.24, 2.45) is 0 Å². The van der Waals surface area contributed by atoms with Gasteiger partial charge in [-0.1, -0.05) is 18.6 Å². The maximum atomic E-state index is 13.3. The Bertz CT molecular complexity index is 1040. The minimum absolute atomic E-state index is 0.0842. The summed E-state index contributed by atoms with van der Waals surface area (Å²) in [6.07, 6.45) is 9.74. The zero-order valence-electron chi connectivity index (χ0n) is 19.1. The molecule has 1 saturated heterocycles. The molecule has 0 N–H and O–H groups in total. The number of benzene rings is 2. The lowest BCUT2D eigenvalue weighted by Gasteiger charge is -2.26. The number of piperidine rings is 1. The number of hydrogen-bond acceptors (Lipinski definition) is 4. The average molecular weight is 445 g/mol. The second kappa shape index (κ2) is 10.2. The minimum atomic E-state index is 0.0842. The van der Waals surface area contributed by atoms with Crippen molar-refractivity contribution in [3.05, 3.63) is 78.1 Å². The van der Waals surface area contributed by atoms with Gasteiger partial charge in [0.2, 0.25) is 0 Å². The summed E-state index contributed by atoms with van der Waals surface area (Å²) < 4.78 is 7.84. The number of rotatable bonds is 9. The van der Waals surface area contributed by atoms with E-state index in [-0.39, 0.29) is 5.91 Å². The Morgan fingerprint density at radius 2 is 1.85 bits per heavy atom. The monoisotopic (exact) mass is 444 g/mol. The van der Waals surface area contributed by atoms with E-state index in [0.29, 0.717) is 24.8 Å². The summed E-state index contributed by atoms with van der Waals surface area (Å²) in [5.41, 5.74) is 2.77. The van der Waals surface area contributed by atoms with Gasteiger partial charge in [-0.05, 0) is 86.8 Å². The molecule has 2 aromatic carbocycles. The molecule has 0 spiro atoms. The summed E-state index contributed by atoms with van der Waals surface area (Å²) in [6, 6.07) is 18.1. The Labute approximate surface area is 195 Å². The van der Waals surface area contributed by atoms with Crippen molar-refractivity contribution in [2.45, 2.75) is 44.7 Å². The first kappa shape index (κ1) is 21.7. The van der Waals surface area contributed by atoms with Crippen LogP contribution in [0.1, 0.15) is 48.0 Å². The molecule has 2 aliphatic rings. The Hall–Kier alpha value is -3.12. The summed E-state index contributed by atoms with van der Waals surface area (Å²) in [6.45, 7) is 4.66. The number of carbonyl (C=O) groups is 1. The lowest BCUT2D eigenvalue weighted by Crippen LogP contribution is -2.33. The Morgan fingerprint density at radius 3 is 2.58 bits per heavy atom. The molecule has 0 bridgehead atoms. The van der Waals surface area contributed by atoms with E-state index in [0.717, 1.165) is 36.4 Å². The topological polar surface area (TPSA) is 50.6 Å². The molecule has 1 saturated carbocycles. The van der Waals surface area contributed by atoms with E-state index in [4.69, 9.17) is 4.74 Å². The Kier molecular flexibility index (Phi) is 6.72. The molecule has 1 aliphatic heterocycles. The van der Waals surface area contributed by atoms with Crippen LogP contribution in [0.25, 0.3) is 5.69 Å². The van der Waals surface area contributed by atoms with E-state index in [9.17, 15) is 4.79 Å². The predicted octanol–water partition coefficient (Wildman–Crippen LogP) is 4.54. The average Bonchev–Trinajstić information content (AvgIpc) is 3.56. The summed E-state index contributed by atoms with van der Waals surface area (Å²) in [5, 5.41) is 4.25. The SMILES string of the molecule is O=C(c1ccc(-n2cccn2)cc1)N(Cc1cccc(OCCN2CCCCC2)c1)C1CC1. The minimum Gasteiger partial charge on any atom is -0.492 e. The van der Waals surface area contributed by atoms with E-state index in [1.165, 1.54) is 32.4 Å². The highest BCUT2D eigenvalue weighted by molar-refractivity contribution is 5.94. The van der Waals surface area contributed by atoms with Crippen LogP contribution in [-0.2, 0) is 6.54 Å². The molecule has 33 heavy (non-hydrogen) atoms. The molecule has 5 rings (SSSR count). The highest BCUT2D eigenvalue weighted by atomic mass is 16.5. The van der Waals surface area contributed by atoms with Crippen molar-refractivity contribution < 1.29 is 9.53 Å². The van der Waals surface area contributed by atoms with Crippen LogP contribution in [0.5, 0.6) is 5.75 Å². The highest BCUT2D eigenvalue weighted by Gasteiger charge is 2.33. The first-order valence-corrected chi connectivity index (χ1v) is 12.1. The van der Waals surface area contributed by atoms with Crippen LogP contribution in [0.3, 0.4) is 0 Å². The van der Waals surface area contributed by atoms with E-state index < -0.39 is 0 Å². The van der Waals surface area contributed by atoms with Crippen molar-refractivity contribution >= 4 is 5.91 Å². The number of amides is 1. The largest absolute Gasteiger partial charge is 0.492 e. The van der Waals surface area contributed by atoms with Gasteiger partial charge in [0.25, 0.3) is 5.91 Å². The van der Waals surface area contributed by atoms with Crippen molar-refractivity contribution in [2.75, 3.05) is 26.2 Å². The van der Waals surface area contributed by atoms with Gasteiger partial charge >= 0.3 is 0 Å². The highest BCUT2D eigenvalue weighted by Crippen LogP contribution is 2.30. The first-order valence-electron chi connectivity index (χ1n) is 12.1. The van der Waals surface area contributed by atoms with Crippen LogP contribution < -0.4 is 4.74 Å². The standard InChI is InChI=1S/C27H32N4O2/c32-27(23-8-10-25(11-9-23)31-17-5-14-28-31)30(24-12-13-24)21-22-6-4-7-26(20-22)33-19-18-29-15-2-1-3-16-29/h4-11,14,17,20,24H,1-3,12-13,15-16,18-19,21H2. The van der Waals surface area contributed by atoms with Crippen molar-refractivity contribution in [1.82, 2.24) is 19.6 Å². The predicted molar refractivity (Wildman–Crippen MR) is 129 cm³/mol. The third-order valence-corrected chi connectivity index (χ3v) is 6.51. The molecule has 0 atom stereocenters. The molecule has 1 aromatic heterocycles. The van der Waals surface area contributed by atoms with Crippen LogP contribution in [-0.4, -0.2) is 57.8 Å². The van der Waals surface area contributed by atoms with Crippen molar-refractivity contribution in [1.29, 1.82) is 0 Å². The summed E-state index contributed by atoms with van der Waals surface area (Å²) in [4.78, 5) is 17.8. The first-order chi connectivity index (χ1) is 16.3. The lowest BCUT2D eigenvalue weighted by molar-refractivity contribution is 0.0729. The van der Waals surface area contributed by atoms with E-state index in [1.807, 2.05) is 53.6 Å². The number of likely N-dealkylation sites (tertiary alicyclic amines) is 1. The molecule has 1 aliphatic carbocycles. The third-order valence-electron chi connectivity index (χ3n) is 6.51. The maximum absolute atomic E-state index is 13.3. The van der Waals surface area contributed by atoms with E-state index in [1.54, 1.807) is 10.9 Å². The second-order valence-electron chi connectivity index (χ2n) is 9.06. The van der Waals surface area contributed by atoms with Crippen LogP contribution >= 0.6 is 0 Å². The normalized spacial score (nSPS) is 16.5. The van der Waals surface area contributed by atoms with Crippen molar-refractivity contribution in [3.8, 4) is 11.4 Å². The number of carbonyl (C=O) groups excluding carboxylic acids is 1.